The Morgan fingerprint density at radius 1 is 0.914 bits per heavy atom. The van der Waals surface area contributed by atoms with E-state index in [4.69, 9.17) is 19.5 Å². The van der Waals surface area contributed by atoms with Crippen LogP contribution in [0.25, 0.3) is 11.0 Å². The van der Waals surface area contributed by atoms with Gasteiger partial charge in [-0.25, -0.2) is 4.99 Å². The molecule has 4 rings (SSSR count). The van der Waals surface area contributed by atoms with E-state index in [1.165, 1.54) is 0 Å². The molecular weight excluding hydrogens is 440 g/mol. The lowest BCUT2D eigenvalue weighted by Crippen LogP contribution is -2.28. The maximum Gasteiger partial charge on any atom is 0.227 e. The molecule has 0 radical (unpaired) electrons. The topological polar surface area (TPSA) is 89.4 Å². The van der Waals surface area contributed by atoms with Crippen molar-refractivity contribution in [2.45, 2.75) is 52.7 Å². The number of ether oxygens (including phenoxy) is 2. The number of H-pyrrole nitrogens is 1. The average molecular weight is 475 g/mol. The van der Waals surface area contributed by atoms with E-state index in [2.05, 4.69) is 47.8 Å². The van der Waals surface area contributed by atoms with Gasteiger partial charge in [0.05, 0.1) is 32.0 Å². The molecule has 0 atom stereocenters. The molecule has 0 bridgehead atoms. The Labute approximate surface area is 206 Å². The Kier molecular flexibility index (Phi) is 7.39. The van der Waals surface area contributed by atoms with E-state index in [0.29, 0.717) is 24.5 Å². The third-order valence-corrected chi connectivity index (χ3v) is 5.93. The summed E-state index contributed by atoms with van der Waals surface area (Å²) in [5.41, 5.74) is 5.81. The van der Waals surface area contributed by atoms with Gasteiger partial charge in [-0.05, 0) is 55.2 Å². The lowest BCUT2D eigenvalue weighted by molar-refractivity contribution is 0.414. The quantitative estimate of drug-likeness (QED) is 0.348. The van der Waals surface area contributed by atoms with Crippen molar-refractivity contribution in [3.63, 3.8) is 0 Å². The summed E-state index contributed by atoms with van der Waals surface area (Å²) in [7, 11) is 3.34. The highest BCUT2D eigenvalue weighted by Gasteiger charge is 2.20. The van der Waals surface area contributed by atoms with Crippen molar-refractivity contribution in [2.24, 2.45) is 4.99 Å². The lowest BCUT2D eigenvalue weighted by Gasteiger charge is -2.17. The van der Waals surface area contributed by atoms with Gasteiger partial charge in [0, 0.05) is 12.6 Å². The summed E-state index contributed by atoms with van der Waals surface area (Å²) in [6.07, 6.45) is 0. The Hall–Kier alpha value is -3.81. The molecule has 8 nitrogen and oxygen atoms in total. The third kappa shape index (κ3) is 5.31. The number of methoxy groups -OCH3 is 2. The number of aromatic nitrogens is 4. The molecule has 8 heteroatoms. The van der Waals surface area contributed by atoms with Crippen LogP contribution in [0.2, 0.25) is 0 Å². The first-order valence-corrected chi connectivity index (χ1v) is 11.9. The van der Waals surface area contributed by atoms with Gasteiger partial charge in [-0.1, -0.05) is 38.1 Å². The Bertz CT molecular complexity index is 1340. The minimum atomic E-state index is 0.158. The van der Waals surface area contributed by atoms with Crippen LogP contribution in [0.5, 0.6) is 11.5 Å². The average Bonchev–Trinajstić information content (AvgIpc) is 3.31. The van der Waals surface area contributed by atoms with E-state index in [1.807, 2.05) is 48.5 Å². The summed E-state index contributed by atoms with van der Waals surface area (Å²) >= 11 is 0. The monoisotopic (exact) mass is 474 g/mol. The second-order valence-electron chi connectivity index (χ2n) is 9.08. The van der Waals surface area contributed by atoms with Crippen LogP contribution in [0.15, 0.2) is 53.5 Å². The molecule has 2 aromatic heterocycles. The van der Waals surface area contributed by atoms with Gasteiger partial charge in [-0.2, -0.15) is 10.1 Å². The van der Waals surface area contributed by atoms with Gasteiger partial charge >= 0.3 is 0 Å². The van der Waals surface area contributed by atoms with Crippen LogP contribution >= 0.6 is 0 Å². The molecule has 0 aliphatic carbocycles. The van der Waals surface area contributed by atoms with Gasteiger partial charge in [0.15, 0.2) is 11.3 Å². The predicted octanol–water partition coefficient (Wildman–Crippen LogP) is 5.19. The highest BCUT2D eigenvalue weighted by atomic mass is 16.5. The lowest BCUT2D eigenvalue weighted by atomic mass is 10.1. The van der Waals surface area contributed by atoms with Gasteiger partial charge in [0.25, 0.3) is 0 Å². The summed E-state index contributed by atoms with van der Waals surface area (Å²) in [4.78, 5) is 9.88. The Balaban J connectivity index is 1.78. The maximum absolute atomic E-state index is 5.28. The number of anilines is 1. The first kappa shape index (κ1) is 24.3. The molecule has 0 unspecified atom stereocenters. The zero-order valence-electron chi connectivity index (χ0n) is 21.3. The molecule has 0 saturated heterocycles. The van der Waals surface area contributed by atoms with Crippen molar-refractivity contribution in [1.82, 2.24) is 19.7 Å². The van der Waals surface area contributed by atoms with Crippen molar-refractivity contribution in [3.8, 4) is 11.5 Å². The zero-order chi connectivity index (χ0) is 24.9. The summed E-state index contributed by atoms with van der Waals surface area (Å²) in [5.74, 6) is 2.65. The highest BCUT2D eigenvalue weighted by molar-refractivity contribution is 5.87. The van der Waals surface area contributed by atoms with Crippen molar-refractivity contribution in [2.75, 3.05) is 19.5 Å². The van der Waals surface area contributed by atoms with E-state index >= 15 is 0 Å². The van der Waals surface area contributed by atoms with Crippen molar-refractivity contribution < 1.29 is 9.47 Å². The molecule has 184 valence electrons. The van der Waals surface area contributed by atoms with Crippen LogP contribution in [0.4, 0.5) is 5.82 Å². The number of nitrogens with one attached hydrogen (secondary N) is 2. The minimum absolute atomic E-state index is 0.158. The largest absolute Gasteiger partial charge is 0.497 e. The molecule has 35 heavy (non-hydrogen) atoms. The van der Waals surface area contributed by atoms with Crippen molar-refractivity contribution in [1.29, 1.82) is 0 Å². The summed E-state index contributed by atoms with van der Waals surface area (Å²) in [6, 6.07) is 16.1. The Morgan fingerprint density at radius 3 is 2.06 bits per heavy atom. The molecule has 0 amide bonds. The molecule has 2 heterocycles. The standard InChI is InChI=1S/C27H34N6O2/c1-17(2)23-25-24(32-31-23)26(28-15-19-7-11-21(34-5)12-8-19)30-27(33(25)18(3)4)29-16-20-9-13-22(35-6)14-10-20/h7-14,17-18H,15-16H2,1-6H3,(H,31,32)(H,28,29,30). The fourth-order valence-corrected chi connectivity index (χ4v) is 4.01. The number of fused-ring (bicyclic) bond motifs is 1. The second kappa shape index (κ2) is 10.6. The van der Waals surface area contributed by atoms with Crippen LogP contribution in [0.3, 0.4) is 0 Å². The molecule has 0 spiro atoms. The fourth-order valence-electron chi connectivity index (χ4n) is 4.01. The number of aromatic amines is 1. The molecule has 0 aliphatic rings. The highest BCUT2D eigenvalue weighted by Crippen LogP contribution is 2.27. The van der Waals surface area contributed by atoms with Crippen molar-refractivity contribution >= 4 is 16.9 Å². The van der Waals surface area contributed by atoms with E-state index < -0.39 is 0 Å². The first-order chi connectivity index (χ1) is 16.9. The smallest absolute Gasteiger partial charge is 0.227 e. The van der Waals surface area contributed by atoms with Gasteiger partial charge in [-0.15, -0.1) is 0 Å². The number of hydrogen-bond donors (Lipinski definition) is 2. The van der Waals surface area contributed by atoms with E-state index in [0.717, 1.165) is 39.4 Å². The molecule has 0 fully saturated rings. The van der Waals surface area contributed by atoms with Gasteiger partial charge in [0.1, 0.15) is 11.5 Å². The molecule has 2 aromatic carbocycles. The zero-order valence-corrected chi connectivity index (χ0v) is 21.3. The molecule has 4 aromatic rings. The van der Waals surface area contributed by atoms with Crippen LogP contribution in [-0.2, 0) is 13.1 Å². The molecule has 2 N–H and O–H groups in total. The van der Waals surface area contributed by atoms with Gasteiger partial charge in [0.2, 0.25) is 5.62 Å². The van der Waals surface area contributed by atoms with E-state index in [-0.39, 0.29) is 12.0 Å². The van der Waals surface area contributed by atoms with Crippen LogP contribution < -0.4 is 20.4 Å². The molecule has 0 aliphatic heterocycles. The van der Waals surface area contributed by atoms with Crippen LogP contribution in [0, 0.1) is 0 Å². The first-order valence-electron chi connectivity index (χ1n) is 11.9. The second-order valence-corrected chi connectivity index (χ2v) is 9.08. The third-order valence-electron chi connectivity index (χ3n) is 5.93. The minimum Gasteiger partial charge on any atom is -0.497 e. The summed E-state index contributed by atoms with van der Waals surface area (Å²) in [6.45, 7) is 9.75. The number of rotatable bonds is 9. The number of benzene rings is 2. The van der Waals surface area contributed by atoms with Gasteiger partial charge in [-0.3, -0.25) is 5.10 Å². The van der Waals surface area contributed by atoms with Crippen LogP contribution in [0.1, 0.15) is 56.5 Å². The van der Waals surface area contributed by atoms with E-state index in [9.17, 15) is 0 Å². The van der Waals surface area contributed by atoms with Gasteiger partial charge < -0.3 is 19.4 Å². The maximum atomic E-state index is 5.28. The Morgan fingerprint density at radius 2 is 1.51 bits per heavy atom. The molecule has 0 saturated carbocycles. The predicted molar refractivity (Wildman–Crippen MR) is 139 cm³/mol. The fraction of sp³-hybridized carbons (Fsp3) is 0.370. The normalized spacial score (nSPS) is 12.1. The van der Waals surface area contributed by atoms with Crippen LogP contribution in [-0.4, -0.2) is 34.0 Å². The number of hydrogen-bond acceptors (Lipinski definition) is 6. The molecular formula is C27H34N6O2. The summed E-state index contributed by atoms with van der Waals surface area (Å²) < 4.78 is 12.7. The van der Waals surface area contributed by atoms with E-state index in [1.54, 1.807) is 14.2 Å². The SMILES string of the molecule is COc1ccc(CN=c2nc(NCc3ccc(OC)cc3)c3n[nH]c(C(C)C)c3n2C(C)C)cc1. The van der Waals surface area contributed by atoms with Crippen molar-refractivity contribution in [3.05, 3.63) is 71.0 Å². The number of nitrogens with zero attached hydrogens (tertiary/aromatic N) is 4. The summed E-state index contributed by atoms with van der Waals surface area (Å²) in [5, 5.41) is 11.4.